The van der Waals surface area contributed by atoms with Crippen LogP contribution in [0.25, 0.3) is 34.2 Å². The summed E-state index contributed by atoms with van der Waals surface area (Å²) in [5.41, 5.74) is 6.34. The molecule has 20 heteroatoms. The molecular formula is C40H20B2N12O4Pt2. The second-order valence-electron chi connectivity index (χ2n) is 14.0. The van der Waals surface area contributed by atoms with E-state index in [2.05, 4.69) is 44.4 Å². The third kappa shape index (κ3) is 5.13. The van der Waals surface area contributed by atoms with Crippen molar-refractivity contribution in [2.75, 3.05) is 0 Å². The molecule has 0 spiro atoms. The van der Waals surface area contributed by atoms with Gasteiger partial charge in [-0.1, -0.05) is 46.8 Å². The molecule has 12 heterocycles. The van der Waals surface area contributed by atoms with Crippen molar-refractivity contribution >= 4 is 46.2 Å². The molecule has 1 aromatic carbocycles. The van der Waals surface area contributed by atoms with Crippen LogP contribution in [-0.2, 0) is 56.2 Å². The SMILES string of the molecule is Cn1ccnc1-c1[c-]c2c(nc1)Oc1c3c4c(c5c1B2c1[c-]c(-n2cccn2)cnc1O5)Oc1ncc(-n2cccn2)[c-]c1B4c1[c-]c(-c2nccn2C)cnc1O3.[Pt+2].[Pt+2]. The van der Waals surface area contributed by atoms with Crippen molar-refractivity contribution in [1.29, 1.82) is 0 Å². The van der Waals surface area contributed by atoms with E-state index in [1.807, 2.05) is 60.1 Å². The third-order valence-corrected chi connectivity index (χ3v) is 10.8. The number of aryl methyl sites for hydroxylation is 2. The zero-order valence-electron chi connectivity index (χ0n) is 30.9. The van der Waals surface area contributed by atoms with Crippen LogP contribution in [0.4, 0.5) is 0 Å². The Kier molecular flexibility index (Phi) is 8.17. The molecule has 8 aromatic heterocycles. The van der Waals surface area contributed by atoms with Gasteiger partial charge in [0.15, 0.2) is 23.0 Å². The molecule has 290 valence electrons. The summed E-state index contributed by atoms with van der Waals surface area (Å²) in [6.45, 7) is -1.20. The van der Waals surface area contributed by atoms with E-state index in [-0.39, 0.29) is 42.1 Å². The van der Waals surface area contributed by atoms with Crippen LogP contribution in [0.15, 0.2) is 86.5 Å². The van der Waals surface area contributed by atoms with Crippen LogP contribution in [0.2, 0.25) is 0 Å². The molecule has 0 fully saturated rings. The average Bonchev–Trinajstić information content (AvgIpc) is 4.11. The minimum absolute atomic E-state index is 0. The zero-order valence-corrected chi connectivity index (χ0v) is 35.4. The molecule has 0 saturated heterocycles. The van der Waals surface area contributed by atoms with E-state index in [1.165, 1.54) is 0 Å². The fraction of sp³-hybridized carbons (Fsp3) is 0.0500. The minimum Gasteiger partial charge on any atom is -0.496 e. The van der Waals surface area contributed by atoms with Gasteiger partial charge in [-0.2, -0.15) is 22.3 Å². The Bertz CT molecular complexity index is 2980. The van der Waals surface area contributed by atoms with Crippen LogP contribution >= 0.6 is 0 Å². The third-order valence-electron chi connectivity index (χ3n) is 10.8. The van der Waals surface area contributed by atoms with Crippen molar-refractivity contribution in [1.82, 2.24) is 58.6 Å². The van der Waals surface area contributed by atoms with Gasteiger partial charge in [-0.25, -0.2) is 0 Å². The Labute approximate surface area is 369 Å². The van der Waals surface area contributed by atoms with Crippen molar-refractivity contribution in [2.24, 2.45) is 14.1 Å². The fourth-order valence-electron chi connectivity index (χ4n) is 8.19. The maximum atomic E-state index is 6.83. The van der Waals surface area contributed by atoms with Crippen LogP contribution in [-0.4, -0.2) is 72.0 Å². The summed E-state index contributed by atoms with van der Waals surface area (Å²) in [6.07, 6.45) is 21.0. The number of benzene rings is 1. The van der Waals surface area contributed by atoms with Crippen molar-refractivity contribution in [2.45, 2.75) is 0 Å². The van der Waals surface area contributed by atoms with E-state index in [9.17, 15) is 0 Å². The largest absolute Gasteiger partial charge is 2.00 e. The molecule has 9 aromatic rings. The predicted octanol–water partition coefficient (Wildman–Crippen LogP) is 1.09. The first-order valence-corrected chi connectivity index (χ1v) is 18.1. The van der Waals surface area contributed by atoms with E-state index in [1.54, 1.807) is 58.9 Å². The molecule has 16 nitrogen and oxygen atoms in total. The number of hydrogen-bond acceptors (Lipinski definition) is 12. The number of pyridine rings is 4. The number of aromatic nitrogens is 12. The predicted molar refractivity (Wildman–Crippen MR) is 207 cm³/mol. The Morgan fingerprint density at radius 3 is 1.20 bits per heavy atom. The number of hydrogen-bond donors (Lipinski definition) is 0. The Morgan fingerprint density at radius 1 is 0.467 bits per heavy atom. The van der Waals surface area contributed by atoms with Gasteiger partial charge < -0.3 is 48.0 Å². The van der Waals surface area contributed by atoms with Crippen LogP contribution in [0, 0.1) is 24.3 Å². The number of rotatable bonds is 4. The molecule has 0 saturated carbocycles. The quantitative estimate of drug-likeness (QED) is 0.183. The fourth-order valence-corrected chi connectivity index (χ4v) is 8.19. The maximum absolute atomic E-state index is 6.83. The molecule has 4 aliphatic heterocycles. The molecule has 0 radical (unpaired) electrons. The summed E-state index contributed by atoms with van der Waals surface area (Å²) < 4.78 is 34.5. The first-order chi connectivity index (χ1) is 28.6. The van der Waals surface area contributed by atoms with Crippen molar-refractivity contribution in [3.63, 3.8) is 0 Å². The molecule has 0 N–H and O–H groups in total. The van der Waals surface area contributed by atoms with Crippen molar-refractivity contribution < 1.29 is 61.1 Å². The number of nitrogens with zero attached hydrogens (tertiary/aromatic N) is 12. The van der Waals surface area contributed by atoms with Crippen molar-refractivity contribution in [3.8, 4) is 80.7 Å². The van der Waals surface area contributed by atoms with Crippen molar-refractivity contribution in [3.05, 3.63) is 111 Å². The molecule has 4 aliphatic rings. The van der Waals surface area contributed by atoms with Gasteiger partial charge in [0.1, 0.15) is 11.8 Å². The number of imidazole rings is 2. The Morgan fingerprint density at radius 2 is 0.850 bits per heavy atom. The normalized spacial score (nSPS) is 13.0. The molecule has 60 heavy (non-hydrogen) atoms. The van der Waals surface area contributed by atoms with Gasteiger partial charge >= 0.3 is 42.1 Å². The van der Waals surface area contributed by atoms with Crippen LogP contribution in [0.1, 0.15) is 0 Å². The average molecular weight is 1140 g/mol. The van der Waals surface area contributed by atoms with E-state index < -0.39 is 13.4 Å². The van der Waals surface area contributed by atoms with Crippen LogP contribution in [0.5, 0.6) is 46.5 Å². The second kappa shape index (κ2) is 13.4. The van der Waals surface area contributed by atoms with Gasteiger partial charge in [0.25, 0.3) is 0 Å². The summed E-state index contributed by atoms with van der Waals surface area (Å²) in [5, 5.41) is 8.87. The second-order valence-corrected chi connectivity index (χ2v) is 14.0. The Hall–Kier alpha value is -6.63. The summed E-state index contributed by atoms with van der Waals surface area (Å²) in [6, 6.07) is 18.0. The van der Waals surface area contributed by atoms with Gasteiger partial charge in [-0.05, 0) is 23.5 Å². The molecule has 0 bridgehead atoms. The van der Waals surface area contributed by atoms with Gasteiger partial charge in [0.2, 0.25) is 13.4 Å². The number of fused-ring (bicyclic) bond motifs is 10. The molecule has 0 aliphatic carbocycles. The molecule has 0 unspecified atom stereocenters. The smallest absolute Gasteiger partial charge is 0.496 e. The zero-order chi connectivity index (χ0) is 38.2. The first-order valence-electron chi connectivity index (χ1n) is 18.1. The molecule has 0 amide bonds. The maximum Gasteiger partial charge on any atom is 2.00 e. The molecular weight excluding hydrogens is 1120 g/mol. The summed E-state index contributed by atoms with van der Waals surface area (Å²) in [5.74, 6) is 4.20. The minimum atomic E-state index is -0.602. The first kappa shape index (κ1) is 36.4. The van der Waals surface area contributed by atoms with Gasteiger partial charge in [-0.3, -0.25) is 19.3 Å². The summed E-state index contributed by atoms with van der Waals surface area (Å²) in [7, 11) is 3.84. The number of ether oxygens (including phenoxy) is 4. The summed E-state index contributed by atoms with van der Waals surface area (Å²) >= 11 is 0. The van der Waals surface area contributed by atoms with Gasteiger partial charge in [0, 0.05) is 74.6 Å². The van der Waals surface area contributed by atoms with Crippen LogP contribution in [0.3, 0.4) is 0 Å². The standard InChI is InChI=1S/C40H20B2N12O4.2Pt/c1-51-11-7-43-35(51)21-13-25-37(45-17-21)55-31-29-33(57-39-27(41(25)29)15-23(19-47-39)53-9-3-5-49-53)34-30-32(31)56-38-26(14-22(18-46-38)36-44-8-12-52(36)2)42(30)28-16-24(20-48-40(28)58-34)54-10-4-6-50-54;;/h3-12,17-20H,1-2H3;;/q-4;2*+2. The van der Waals surface area contributed by atoms with E-state index in [0.717, 1.165) is 0 Å². The molecule has 13 rings (SSSR count). The van der Waals surface area contributed by atoms with Crippen LogP contribution < -0.4 is 51.7 Å². The summed E-state index contributed by atoms with van der Waals surface area (Å²) in [4.78, 5) is 28.5. The molecule has 0 atom stereocenters. The van der Waals surface area contributed by atoms with Gasteiger partial charge in [0.05, 0.1) is 23.4 Å². The van der Waals surface area contributed by atoms with E-state index >= 15 is 0 Å². The van der Waals surface area contributed by atoms with Gasteiger partial charge in [-0.15, -0.1) is 23.1 Å². The van der Waals surface area contributed by atoms with E-state index in [0.29, 0.717) is 113 Å². The Balaban J connectivity index is 0.00000204. The van der Waals surface area contributed by atoms with E-state index in [4.69, 9.17) is 38.9 Å². The monoisotopic (exact) mass is 1140 g/mol. The topological polar surface area (TPSA) is 160 Å².